The number of aromatic nitrogens is 2. The van der Waals surface area contributed by atoms with E-state index in [-0.39, 0.29) is 11.3 Å². The van der Waals surface area contributed by atoms with Gasteiger partial charge in [-0.25, -0.2) is 0 Å². The topological polar surface area (TPSA) is 58.7 Å². The molecule has 0 N–H and O–H groups in total. The first-order valence-electron chi connectivity index (χ1n) is 12.0. The van der Waals surface area contributed by atoms with E-state index in [0.29, 0.717) is 17.9 Å². The van der Waals surface area contributed by atoms with Gasteiger partial charge in [0.15, 0.2) is 5.78 Å². The van der Waals surface area contributed by atoms with Crippen molar-refractivity contribution in [3.8, 4) is 6.07 Å². The lowest BCUT2D eigenvalue weighted by Crippen LogP contribution is -2.48. The minimum Gasteiger partial charge on any atom is -0.297 e. The lowest BCUT2D eigenvalue weighted by atomic mass is 9.50. The molecule has 0 radical (unpaired) electrons. The molecule has 158 valence electrons. The van der Waals surface area contributed by atoms with Gasteiger partial charge in [0.2, 0.25) is 0 Å². The van der Waals surface area contributed by atoms with Crippen LogP contribution < -0.4 is 0 Å². The van der Waals surface area contributed by atoms with Crippen molar-refractivity contribution in [1.82, 2.24) is 9.78 Å². The number of hydrogen-bond donors (Lipinski definition) is 0. The Morgan fingerprint density at radius 1 is 1.24 bits per heavy atom. The molecule has 0 amide bonds. The Bertz CT molecular complexity index is 777. The number of ketones is 1. The van der Waals surface area contributed by atoms with Crippen LogP contribution >= 0.6 is 0 Å². The lowest BCUT2D eigenvalue weighted by molar-refractivity contribution is -0.130. The molecular formula is C25H37N3O. The van der Waals surface area contributed by atoms with Gasteiger partial charge < -0.3 is 0 Å². The van der Waals surface area contributed by atoms with Crippen LogP contribution in [0.4, 0.5) is 0 Å². The molecule has 4 heteroatoms. The van der Waals surface area contributed by atoms with Crippen LogP contribution in [0.2, 0.25) is 0 Å². The van der Waals surface area contributed by atoms with Gasteiger partial charge in [0, 0.05) is 12.1 Å². The number of nitriles is 1. The summed E-state index contributed by atoms with van der Waals surface area (Å²) in [4.78, 5) is 13.3. The van der Waals surface area contributed by atoms with Gasteiger partial charge in [-0.1, -0.05) is 40.0 Å². The fourth-order valence-electron chi connectivity index (χ4n) is 7.83. The maximum Gasteiger partial charge on any atom is 0.157 e. The molecule has 3 aliphatic carbocycles. The molecule has 0 aromatic carbocycles. The molecule has 3 saturated carbocycles. The van der Waals surface area contributed by atoms with E-state index in [1.54, 1.807) is 17.1 Å². The molecule has 7 unspecified atom stereocenters. The highest BCUT2D eigenvalue weighted by atomic mass is 16.1. The van der Waals surface area contributed by atoms with Crippen molar-refractivity contribution in [2.75, 3.05) is 0 Å². The van der Waals surface area contributed by atoms with Crippen LogP contribution in [-0.4, -0.2) is 15.6 Å². The second-order valence-corrected chi connectivity index (χ2v) is 10.3. The van der Waals surface area contributed by atoms with Crippen LogP contribution in [0.5, 0.6) is 0 Å². The first-order valence-corrected chi connectivity index (χ1v) is 12.0. The van der Waals surface area contributed by atoms with Crippen molar-refractivity contribution in [3.63, 3.8) is 0 Å². The molecule has 3 fully saturated rings. The smallest absolute Gasteiger partial charge is 0.157 e. The Labute approximate surface area is 176 Å². The molecule has 1 aromatic heterocycles. The van der Waals surface area contributed by atoms with Gasteiger partial charge in [-0.3, -0.25) is 9.48 Å². The number of Topliss-reactive ketones (excluding diaryl/α,β-unsaturated/α-hetero) is 1. The number of hydrogen-bond acceptors (Lipinski definition) is 3. The van der Waals surface area contributed by atoms with E-state index < -0.39 is 0 Å². The van der Waals surface area contributed by atoms with E-state index in [2.05, 4.69) is 31.9 Å². The summed E-state index contributed by atoms with van der Waals surface area (Å²) >= 11 is 0. The third kappa shape index (κ3) is 3.56. The summed E-state index contributed by atoms with van der Waals surface area (Å²) in [6.07, 6.45) is 14.9. The molecule has 1 heterocycles. The summed E-state index contributed by atoms with van der Waals surface area (Å²) in [5, 5.41) is 13.2. The molecule has 4 nitrogen and oxygen atoms in total. The predicted molar refractivity (Wildman–Crippen MR) is 114 cm³/mol. The van der Waals surface area contributed by atoms with E-state index in [9.17, 15) is 4.79 Å². The monoisotopic (exact) mass is 395 g/mol. The predicted octanol–water partition coefficient (Wildman–Crippen LogP) is 5.62. The third-order valence-corrected chi connectivity index (χ3v) is 9.13. The van der Waals surface area contributed by atoms with Crippen LogP contribution in [0.25, 0.3) is 0 Å². The molecule has 0 spiro atoms. The number of rotatable bonds is 6. The van der Waals surface area contributed by atoms with Crippen molar-refractivity contribution < 1.29 is 4.79 Å². The Morgan fingerprint density at radius 2 is 2.07 bits per heavy atom. The Balaban J connectivity index is 1.50. The molecule has 4 rings (SSSR count). The molecule has 0 saturated heterocycles. The van der Waals surface area contributed by atoms with E-state index in [1.807, 2.05) is 0 Å². The first-order chi connectivity index (χ1) is 14.0. The number of nitrogens with zero attached hydrogens (tertiary/aromatic N) is 3. The molecular weight excluding hydrogens is 358 g/mol. The average Bonchev–Trinajstić information content (AvgIpc) is 3.31. The fraction of sp³-hybridized carbons (Fsp3) is 0.800. The quantitative estimate of drug-likeness (QED) is 0.628. The van der Waals surface area contributed by atoms with Gasteiger partial charge >= 0.3 is 0 Å². The normalized spacial score (nSPS) is 38.8. The fourth-order valence-corrected chi connectivity index (χ4v) is 7.83. The molecule has 29 heavy (non-hydrogen) atoms. The van der Waals surface area contributed by atoms with Crippen LogP contribution in [-0.2, 0) is 11.3 Å². The summed E-state index contributed by atoms with van der Waals surface area (Å²) in [7, 11) is 0. The molecule has 3 aliphatic rings. The van der Waals surface area contributed by atoms with Gasteiger partial charge in [-0.05, 0) is 73.5 Å². The number of carbonyl (C=O) groups is 1. The highest BCUT2D eigenvalue weighted by molar-refractivity contribution is 5.82. The Hall–Kier alpha value is -1.63. The van der Waals surface area contributed by atoms with E-state index in [4.69, 9.17) is 5.26 Å². The van der Waals surface area contributed by atoms with Crippen molar-refractivity contribution >= 4 is 5.78 Å². The van der Waals surface area contributed by atoms with Crippen LogP contribution in [0.15, 0.2) is 12.4 Å². The summed E-state index contributed by atoms with van der Waals surface area (Å²) in [6.45, 7) is 7.48. The number of fused-ring (bicyclic) bond motifs is 3. The number of carbonyl (C=O) groups excluding carboxylic acids is 1. The van der Waals surface area contributed by atoms with Crippen molar-refractivity contribution in [2.24, 2.45) is 40.9 Å². The van der Waals surface area contributed by atoms with Crippen LogP contribution in [0.3, 0.4) is 0 Å². The van der Waals surface area contributed by atoms with Crippen molar-refractivity contribution in [2.45, 2.75) is 85.1 Å². The SMILES string of the molecule is CCCC1C(CC)CCC2C1CCC1(C)C(C(=O)Cn3cc(C#N)cn3)CCC21. The molecule has 1 aromatic rings. The van der Waals surface area contributed by atoms with Crippen molar-refractivity contribution in [3.05, 3.63) is 18.0 Å². The van der Waals surface area contributed by atoms with Gasteiger partial charge in [0.05, 0.1) is 18.3 Å². The van der Waals surface area contributed by atoms with E-state index in [1.165, 1.54) is 51.4 Å². The zero-order valence-electron chi connectivity index (χ0n) is 18.4. The van der Waals surface area contributed by atoms with E-state index in [0.717, 1.165) is 36.0 Å². The highest BCUT2D eigenvalue weighted by Crippen LogP contribution is 2.63. The zero-order chi connectivity index (χ0) is 20.6. The standard InChI is InChI=1S/C25H37N3O/c1-4-6-19-18(5-2)7-8-21-20(19)11-12-25(3)22(21)9-10-23(25)24(29)16-28-15-17(13-26)14-27-28/h14-15,18-23H,4-12,16H2,1-3H3. The second-order valence-electron chi connectivity index (χ2n) is 10.3. The minimum atomic E-state index is 0.164. The van der Waals surface area contributed by atoms with Crippen molar-refractivity contribution in [1.29, 1.82) is 5.26 Å². The van der Waals surface area contributed by atoms with Gasteiger partial charge in [0.25, 0.3) is 0 Å². The third-order valence-electron chi connectivity index (χ3n) is 9.13. The maximum atomic E-state index is 13.3. The Kier molecular flexibility index (Phi) is 5.87. The van der Waals surface area contributed by atoms with Crippen LogP contribution in [0, 0.1) is 52.3 Å². The Morgan fingerprint density at radius 3 is 2.76 bits per heavy atom. The second kappa shape index (κ2) is 8.25. The minimum absolute atomic E-state index is 0.164. The molecule has 0 bridgehead atoms. The van der Waals surface area contributed by atoms with Gasteiger partial charge in [0.1, 0.15) is 6.07 Å². The highest BCUT2D eigenvalue weighted by Gasteiger charge is 2.57. The summed E-state index contributed by atoms with van der Waals surface area (Å²) in [6, 6.07) is 2.10. The summed E-state index contributed by atoms with van der Waals surface area (Å²) in [5.74, 6) is 4.78. The first kappa shape index (κ1) is 20.6. The molecule has 0 aliphatic heterocycles. The van der Waals surface area contributed by atoms with E-state index >= 15 is 0 Å². The maximum absolute atomic E-state index is 13.3. The lowest BCUT2D eigenvalue weighted by Gasteiger charge is -2.54. The van der Waals surface area contributed by atoms with Crippen LogP contribution in [0.1, 0.15) is 84.1 Å². The molecule has 7 atom stereocenters. The van der Waals surface area contributed by atoms with Gasteiger partial charge in [-0.2, -0.15) is 10.4 Å². The zero-order valence-corrected chi connectivity index (χ0v) is 18.4. The van der Waals surface area contributed by atoms with Gasteiger partial charge in [-0.15, -0.1) is 0 Å². The average molecular weight is 396 g/mol. The largest absolute Gasteiger partial charge is 0.297 e. The summed E-state index contributed by atoms with van der Waals surface area (Å²) < 4.78 is 1.66. The summed E-state index contributed by atoms with van der Waals surface area (Å²) in [5.41, 5.74) is 0.697.